The molecule has 1 aromatic carbocycles. The van der Waals surface area contributed by atoms with E-state index < -0.39 is 0 Å². The number of hydrogen-bond acceptors (Lipinski definition) is 3. The van der Waals surface area contributed by atoms with Crippen LogP contribution in [-0.2, 0) is 9.59 Å². The molecule has 0 bridgehead atoms. The van der Waals surface area contributed by atoms with Crippen LogP contribution in [0.2, 0.25) is 0 Å². The number of hydrogen-bond donors (Lipinski definition) is 1. The lowest BCUT2D eigenvalue weighted by atomic mass is 9.84. The van der Waals surface area contributed by atoms with Crippen molar-refractivity contribution in [3.05, 3.63) is 35.9 Å². The molecule has 0 saturated carbocycles. The van der Waals surface area contributed by atoms with Crippen LogP contribution in [-0.4, -0.2) is 60.4 Å². The average Bonchev–Trinajstić information content (AvgIpc) is 2.69. The highest BCUT2D eigenvalue weighted by Crippen LogP contribution is 2.30. The molecule has 142 valence electrons. The summed E-state index contributed by atoms with van der Waals surface area (Å²) in [5.74, 6) is 0.583. The Hall–Kier alpha value is -1.88. The molecule has 2 amide bonds. The molecular weight excluding hydrogens is 326 g/mol. The van der Waals surface area contributed by atoms with E-state index in [9.17, 15) is 9.59 Å². The number of rotatable bonds is 5. The van der Waals surface area contributed by atoms with Gasteiger partial charge in [0.25, 0.3) is 0 Å². The number of nitrogens with zero attached hydrogens (tertiary/aromatic N) is 2. The third-order valence-corrected chi connectivity index (χ3v) is 5.91. The minimum atomic E-state index is -0.0984. The fraction of sp³-hybridized carbons (Fsp3) is 0.619. The Morgan fingerprint density at radius 3 is 2.73 bits per heavy atom. The first-order chi connectivity index (χ1) is 12.6. The number of piperazine rings is 1. The van der Waals surface area contributed by atoms with Gasteiger partial charge in [0.1, 0.15) is 0 Å². The summed E-state index contributed by atoms with van der Waals surface area (Å²) in [5.41, 5.74) is 1.10. The van der Waals surface area contributed by atoms with Crippen LogP contribution >= 0.6 is 0 Å². The van der Waals surface area contributed by atoms with E-state index in [1.54, 1.807) is 0 Å². The van der Waals surface area contributed by atoms with E-state index in [1.165, 1.54) is 0 Å². The van der Waals surface area contributed by atoms with Crippen molar-refractivity contribution in [1.82, 2.24) is 15.1 Å². The Labute approximate surface area is 156 Å². The van der Waals surface area contributed by atoms with Gasteiger partial charge in [0, 0.05) is 32.2 Å². The predicted octanol–water partition coefficient (Wildman–Crippen LogP) is 2.24. The SMILES string of the molecule is CCC(C)C(C(=O)N1CCCC(N2CCNCC2=O)C1)c1ccccc1. The number of likely N-dealkylation sites (tertiary alicyclic amines) is 1. The first-order valence-corrected chi connectivity index (χ1v) is 9.95. The lowest BCUT2D eigenvalue weighted by molar-refractivity contribution is -0.141. The van der Waals surface area contributed by atoms with Gasteiger partial charge < -0.3 is 15.1 Å². The standard InChI is InChI=1S/C21H31N3O2/c1-3-16(2)20(17-8-5-4-6-9-17)21(26)23-12-7-10-18(15-23)24-13-11-22-14-19(24)25/h4-6,8-9,16,18,20,22H,3,7,10-15H2,1-2H3. The summed E-state index contributed by atoms with van der Waals surface area (Å²) in [7, 11) is 0. The Bertz CT molecular complexity index is 619. The second-order valence-corrected chi connectivity index (χ2v) is 7.62. The molecule has 1 N–H and O–H groups in total. The molecule has 0 aromatic heterocycles. The van der Waals surface area contributed by atoms with Crippen molar-refractivity contribution in [2.75, 3.05) is 32.7 Å². The van der Waals surface area contributed by atoms with Gasteiger partial charge in [-0.3, -0.25) is 9.59 Å². The van der Waals surface area contributed by atoms with E-state index in [1.807, 2.05) is 28.0 Å². The molecule has 26 heavy (non-hydrogen) atoms. The van der Waals surface area contributed by atoms with Gasteiger partial charge >= 0.3 is 0 Å². The van der Waals surface area contributed by atoms with E-state index in [4.69, 9.17) is 0 Å². The monoisotopic (exact) mass is 357 g/mol. The van der Waals surface area contributed by atoms with Crippen LogP contribution in [0.4, 0.5) is 0 Å². The summed E-state index contributed by atoms with van der Waals surface area (Å²) in [4.78, 5) is 29.6. The number of piperidine rings is 1. The topological polar surface area (TPSA) is 52.7 Å². The van der Waals surface area contributed by atoms with Gasteiger partial charge in [-0.2, -0.15) is 0 Å². The number of benzene rings is 1. The third kappa shape index (κ3) is 4.09. The fourth-order valence-electron chi connectivity index (χ4n) is 4.22. The molecule has 0 spiro atoms. The zero-order valence-corrected chi connectivity index (χ0v) is 16.0. The zero-order chi connectivity index (χ0) is 18.5. The molecule has 2 fully saturated rings. The van der Waals surface area contributed by atoms with Gasteiger partial charge in [-0.25, -0.2) is 0 Å². The molecule has 3 unspecified atom stereocenters. The van der Waals surface area contributed by atoms with Crippen LogP contribution in [0.15, 0.2) is 30.3 Å². The first kappa shape index (κ1) is 18.9. The van der Waals surface area contributed by atoms with Crippen LogP contribution in [0.25, 0.3) is 0 Å². The summed E-state index contributed by atoms with van der Waals surface area (Å²) < 4.78 is 0. The maximum atomic E-state index is 13.4. The summed E-state index contributed by atoms with van der Waals surface area (Å²) in [5, 5.41) is 3.13. The zero-order valence-electron chi connectivity index (χ0n) is 16.0. The average molecular weight is 357 g/mol. The molecule has 2 aliphatic rings. The van der Waals surface area contributed by atoms with Gasteiger partial charge in [-0.1, -0.05) is 50.6 Å². The normalized spacial score (nSPS) is 23.6. The van der Waals surface area contributed by atoms with Crippen molar-refractivity contribution in [1.29, 1.82) is 0 Å². The highest BCUT2D eigenvalue weighted by Gasteiger charge is 2.35. The predicted molar refractivity (Wildman–Crippen MR) is 103 cm³/mol. The van der Waals surface area contributed by atoms with Crippen LogP contribution < -0.4 is 5.32 Å². The molecule has 0 radical (unpaired) electrons. The Balaban J connectivity index is 1.75. The Kier molecular flexibility index (Phi) is 6.30. The number of carbonyl (C=O) groups is 2. The van der Waals surface area contributed by atoms with E-state index >= 15 is 0 Å². The van der Waals surface area contributed by atoms with E-state index in [0.29, 0.717) is 19.0 Å². The first-order valence-electron chi connectivity index (χ1n) is 9.95. The highest BCUT2D eigenvalue weighted by molar-refractivity contribution is 5.84. The third-order valence-electron chi connectivity index (χ3n) is 5.91. The molecule has 3 rings (SSSR count). The molecule has 1 aromatic rings. The summed E-state index contributed by atoms with van der Waals surface area (Å²) in [6.45, 7) is 7.79. The van der Waals surface area contributed by atoms with Crippen LogP contribution in [0.1, 0.15) is 44.6 Å². The van der Waals surface area contributed by atoms with Gasteiger partial charge in [0.05, 0.1) is 12.5 Å². The molecule has 5 heteroatoms. The second-order valence-electron chi connectivity index (χ2n) is 7.62. The molecule has 0 aliphatic carbocycles. The van der Waals surface area contributed by atoms with Gasteiger partial charge in [0.2, 0.25) is 11.8 Å². The quantitative estimate of drug-likeness (QED) is 0.879. The molecule has 3 atom stereocenters. The minimum absolute atomic E-state index is 0.0984. The lowest BCUT2D eigenvalue weighted by Gasteiger charge is -2.42. The maximum absolute atomic E-state index is 13.4. The summed E-state index contributed by atoms with van der Waals surface area (Å²) in [6.07, 6.45) is 2.93. The van der Waals surface area contributed by atoms with Gasteiger partial charge in [0.15, 0.2) is 0 Å². The second kappa shape index (κ2) is 8.67. The number of amides is 2. The van der Waals surface area contributed by atoms with E-state index in [0.717, 1.165) is 44.5 Å². The van der Waals surface area contributed by atoms with E-state index in [2.05, 4.69) is 31.3 Å². The van der Waals surface area contributed by atoms with Crippen molar-refractivity contribution >= 4 is 11.8 Å². The number of nitrogens with one attached hydrogen (secondary N) is 1. The van der Waals surface area contributed by atoms with Crippen molar-refractivity contribution in [3.8, 4) is 0 Å². The minimum Gasteiger partial charge on any atom is -0.340 e. The van der Waals surface area contributed by atoms with Crippen molar-refractivity contribution < 1.29 is 9.59 Å². The largest absolute Gasteiger partial charge is 0.340 e. The van der Waals surface area contributed by atoms with Crippen molar-refractivity contribution in [3.63, 3.8) is 0 Å². The number of carbonyl (C=O) groups excluding carboxylic acids is 2. The fourth-order valence-corrected chi connectivity index (χ4v) is 4.22. The van der Waals surface area contributed by atoms with Crippen LogP contribution in [0.3, 0.4) is 0 Å². The summed E-state index contributed by atoms with van der Waals surface area (Å²) >= 11 is 0. The van der Waals surface area contributed by atoms with Crippen LogP contribution in [0.5, 0.6) is 0 Å². The van der Waals surface area contributed by atoms with Crippen molar-refractivity contribution in [2.24, 2.45) is 5.92 Å². The molecule has 5 nitrogen and oxygen atoms in total. The Morgan fingerprint density at radius 2 is 2.04 bits per heavy atom. The summed E-state index contributed by atoms with van der Waals surface area (Å²) in [6, 6.07) is 10.3. The van der Waals surface area contributed by atoms with Gasteiger partial charge in [-0.15, -0.1) is 0 Å². The molecule has 2 heterocycles. The lowest BCUT2D eigenvalue weighted by Crippen LogP contribution is -2.58. The molecule has 2 aliphatic heterocycles. The smallest absolute Gasteiger partial charge is 0.236 e. The van der Waals surface area contributed by atoms with Gasteiger partial charge in [-0.05, 0) is 24.3 Å². The highest BCUT2D eigenvalue weighted by atomic mass is 16.2. The van der Waals surface area contributed by atoms with Crippen molar-refractivity contribution in [2.45, 2.75) is 45.1 Å². The molecule has 2 saturated heterocycles. The Morgan fingerprint density at radius 1 is 1.27 bits per heavy atom. The molecular formula is C21H31N3O2. The van der Waals surface area contributed by atoms with E-state index in [-0.39, 0.29) is 23.8 Å². The van der Waals surface area contributed by atoms with Crippen LogP contribution in [0, 0.1) is 5.92 Å². The maximum Gasteiger partial charge on any atom is 0.236 e.